The number of aromatic amines is 1. The molecule has 0 aliphatic rings. The van der Waals surface area contributed by atoms with E-state index >= 15 is 0 Å². The minimum Gasteiger partial charge on any atom is -0.478 e. The summed E-state index contributed by atoms with van der Waals surface area (Å²) in [6.07, 6.45) is 5.22. The van der Waals surface area contributed by atoms with Crippen LogP contribution in [0.25, 0.3) is 6.08 Å². The van der Waals surface area contributed by atoms with Crippen molar-refractivity contribution in [3.63, 3.8) is 0 Å². The normalized spacial score (nSPS) is 10.7. The fraction of sp³-hybridized carbons (Fsp3) is 0.0714. The number of nitrogens with zero attached hydrogens (tertiary/aromatic N) is 1. The van der Waals surface area contributed by atoms with E-state index < -0.39 is 17.7 Å². The van der Waals surface area contributed by atoms with E-state index in [1.54, 1.807) is 6.20 Å². The van der Waals surface area contributed by atoms with E-state index in [1.807, 2.05) is 0 Å². The summed E-state index contributed by atoms with van der Waals surface area (Å²) in [7, 11) is 0. The summed E-state index contributed by atoms with van der Waals surface area (Å²) in [5.41, 5.74) is 0.957. The molecule has 0 atom stereocenters. The summed E-state index contributed by atoms with van der Waals surface area (Å²) in [4.78, 5) is 29.0. The molecule has 2 rings (SSSR count). The number of benzene rings is 1. The van der Waals surface area contributed by atoms with Gasteiger partial charge in [0.25, 0.3) is 5.91 Å². The van der Waals surface area contributed by atoms with Crippen LogP contribution < -0.4 is 5.32 Å². The topological polar surface area (TPSA) is 95.1 Å². The molecule has 1 aromatic carbocycles. The maximum absolute atomic E-state index is 13.7. The highest BCUT2D eigenvalue weighted by atomic mass is 19.1. The zero-order chi connectivity index (χ0) is 15.2. The summed E-state index contributed by atoms with van der Waals surface area (Å²) >= 11 is 0. The zero-order valence-electron chi connectivity index (χ0n) is 10.8. The number of rotatable bonds is 5. The third-order valence-electron chi connectivity index (χ3n) is 2.65. The number of nitrogens with one attached hydrogen (secondary N) is 2. The minimum absolute atomic E-state index is 0.151. The van der Waals surface area contributed by atoms with E-state index in [4.69, 9.17) is 5.11 Å². The second kappa shape index (κ2) is 6.47. The average molecular weight is 289 g/mol. The highest BCUT2D eigenvalue weighted by Gasteiger charge is 2.12. The van der Waals surface area contributed by atoms with Crippen molar-refractivity contribution < 1.29 is 19.1 Å². The van der Waals surface area contributed by atoms with Gasteiger partial charge in [-0.15, -0.1) is 0 Å². The van der Waals surface area contributed by atoms with Gasteiger partial charge >= 0.3 is 5.97 Å². The van der Waals surface area contributed by atoms with E-state index in [9.17, 15) is 14.0 Å². The third kappa shape index (κ3) is 4.00. The first-order valence-corrected chi connectivity index (χ1v) is 6.02. The molecular weight excluding hydrogens is 277 g/mol. The highest BCUT2D eigenvalue weighted by Crippen LogP contribution is 2.12. The Morgan fingerprint density at radius 2 is 2.24 bits per heavy atom. The Hall–Kier alpha value is -2.96. The van der Waals surface area contributed by atoms with Crippen molar-refractivity contribution in [3.05, 3.63) is 59.4 Å². The van der Waals surface area contributed by atoms with Gasteiger partial charge < -0.3 is 15.4 Å². The van der Waals surface area contributed by atoms with Gasteiger partial charge in [0, 0.05) is 12.3 Å². The summed E-state index contributed by atoms with van der Waals surface area (Å²) in [6, 6.07) is 3.80. The van der Waals surface area contributed by atoms with Crippen LogP contribution in [-0.2, 0) is 11.3 Å². The Labute approximate surface area is 119 Å². The predicted octanol–water partition coefficient (Wildman–Crippen LogP) is 1.58. The molecule has 0 saturated carbocycles. The van der Waals surface area contributed by atoms with Crippen molar-refractivity contribution in [2.75, 3.05) is 0 Å². The SMILES string of the molecule is O=C(O)C=Cc1ccc(F)c(C(=O)NCc2cnc[nH]2)c1. The van der Waals surface area contributed by atoms with Crippen molar-refractivity contribution in [2.45, 2.75) is 6.54 Å². The van der Waals surface area contributed by atoms with E-state index in [1.165, 1.54) is 24.5 Å². The molecule has 0 spiro atoms. The monoisotopic (exact) mass is 289 g/mol. The first-order valence-electron chi connectivity index (χ1n) is 6.02. The number of hydrogen-bond acceptors (Lipinski definition) is 3. The molecule has 1 amide bonds. The number of H-pyrrole nitrogens is 1. The first kappa shape index (κ1) is 14.4. The van der Waals surface area contributed by atoms with E-state index in [0.29, 0.717) is 11.3 Å². The molecule has 0 saturated heterocycles. The Morgan fingerprint density at radius 3 is 2.90 bits per heavy atom. The number of amides is 1. The lowest BCUT2D eigenvalue weighted by Crippen LogP contribution is -2.24. The standard InChI is InChI=1S/C14H12FN3O3/c15-12-3-1-9(2-4-13(19)20)5-11(12)14(21)17-7-10-6-16-8-18-10/h1-6,8H,7H2,(H,16,18)(H,17,21)(H,19,20). The lowest BCUT2D eigenvalue weighted by Gasteiger charge is -2.06. The Morgan fingerprint density at radius 1 is 1.43 bits per heavy atom. The van der Waals surface area contributed by atoms with Crippen molar-refractivity contribution in [1.82, 2.24) is 15.3 Å². The molecule has 1 heterocycles. The van der Waals surface area contributed by atoms with Crippen LogP contribution in [-0.4, -0.2) is 27.0 Å². The third-order valence-corrected chi connectivity index (χ3v) is 2.65. The van der Waals surface area contributed by atoms with Gasteiger partial charge in [-0.2, -0.15) is 0 Å². The van der Waals surface area contributed by atoms with Crippen LogP contribution in [0.1, 0.15) is 21.6 Å². The second-order valence-corrected chi connectivity index (χ2v) is 4.17. The van der Waals surface area contributed by atoms with E-state index in [2.05, 4.69) is 15.3 Å². The number of hydrogen-bond donors (Lipinski definition) is 3. The Balaban J connectivity index is 2.12. The van der Waals surface area contributed by atoms with Gasteiger partial charge in [-0.1, -0.05) is 6.07 Å². The number of carbonyl (C=O) groups excluding carboxylic acids is 1. The zero-order valence-corrected chi connectivity index (χ0v) is 10.8. The predicted molar refractivity (Wildman–Crippen MR) is 72.8 cm³/mol. The van der Waals surface area contributed by atoms with Gasteiger partial charge in [0.05, 0.1) is 24.1 Å². The van der Waals surface area contributed by atoms with Crippen LogP contribution >= 0.6 is 0 Å². The number of halogens is 1. The van der Waals surface area contributed by atoms with Crippen molar-refractivity contribution >= 4 is 18.0 Å². The maximum Gasteiger partial charge on any atom is 0.328 e. The summed E-state index contributed by atoms with van der Waals surface area (Å²) in [5, 5.41) is 11.1. The number of carboxylic acid groups (broad SMARTS) is 1. The summed E-state index contributed by atoms with van der Waals surface area (Å²) in [5.74, 6) is -2.39. The summed E-state index contributed by atoms with van der Waals surface area (Å²) in [6.45, 7) is 0.188. The van der Waals surface area contributed by atoms with Gasteiger partial charge in [0.1, 0.15) is 5.82 Å². The molecule has 0 aliphatic carbocycles. The number of carboxylic acids is 1. The molecule has 2 aromatic rings. The molecule has 7 heteroatoms. The lowest BCUT2D eigenvalue weighted by molar-refractivity contribution is -0.131. The van der Waals surface area contributed by atoms with Gasteiger partial charge in [-0.3, -0.25) is 4.79 Å². The quantitative estimate of drug-likeness (QED) is 0.728. The van der Waals surface area contributed by atoms with E-state index in [0.717, 1.165) is 12.1 Å². The van der Waals surface area contributed by atoms with Crippen molar-refractivity contribution in [1.29, 1.82) is 0 Å². The van der Waals surface area contributed by atoms with Crippen LogP contribution in [0.3, 0.4) is 0 Å². The fourth-order valence-corrected chi connectivity index (χ4v) is 1.64. The van der Waals surface area contributed by atoms with Gasteiger partial charge in [0.15, 0.2) is 0 Å². The molecule has 108 valence electrons. The minimum atomic E-state index is -1.12. The first-order chi connectivity index (χ1) is 10.1. The largest absolute Gasteiger partial charge is 0.478 e. The van der Waals surface area contributed by atoms with Crippen molar-refractivity contribution in [2.24, 2.45) is 0 Å². The molecule has 6 nitrogen and oxygen atoms in total. The van der Waals surface area contributed by atoms with Gasteiger partial charge in [-0.05, 0) is 23.8 Å². The Kier molecular flexibility index (Phi) is 4.45. The fourth-order valence-electron chi connectivity index (χ4n) is 1.64. The molecule has 0 fully saturated rings. The number of aromatic nitrogens is 2. The van der Waals surface area contributed by atoms with Crippen LogP contribution in [0.2, 0.25) is 0 Å². The molecule has 3 N–H and O–H groups in total. The summed E-state index contributed by atoms with van der Waals surface area (Å²) < 4.78 is 13.7. The number of imidazole rings is 1. The van der Waals surface area contributed by atoms with Gasteiger partial charge in [0.2, 0.25) is 0 Å². The number of aliphatic carboxylic acids is 1. The Bertz CT molecular complexity index is 681. The lowest BCUT2D eigenvalue weighted by atomic mass is 10.1. The maximum atomic E-state index is 13.7. The molecule has 1 aromatic heterocycles. The van der Waals surface area contributed by atoms with Crippen molar-refractivity contribution in [3.8, 4) is 0 Å². The molecule has 0 aliphatic heterocycles. The van der Waals surface area contributed by atoms with E-state index in [-0.39, 0.29) is 12.1 Å². The van der Waals surface area contributed by atoms with Crippen LogP contribution in [0, 0.1) is 5.82 Å². The second-order valence-electron chi connectivity index (χ2n) is 4.17. The van der Waals surface area contributed by atoms with Crippen LogP contribution in [0.15, 0.2) is 36.8 Å². The molecule has 0 unspecified atom stereocenters. The molecule has 21 heavy (non-hydrogen) atoms. The molecular formula is C14H12FN3O3. The smallest absolute Gasteiger partial charge is 0.328 e. The highest BCUT2D eigenvalue weighted by molar-refractivity contribution is 5.95. The molecule has 0 bridgehead atoms. The van der Waals surface area contributed by atoms with Crippen LogP contribution in [0.5, 0.6) is 0 Å². The number of carbonyl (C=O) groups is 2. The van der Waals surface area contributed by atoms with Gasteiger partial charge in [-0.25, -0.2) is 14.2 Å². The molecule has 0 radical (unpaired) electrons. The van der Waals surface area contributed by atoms with Crippen LogP contribution in [0.4, 0.5) is 4.39 Å². The average Bonchev–Trinajstić information content (AvgIpc) is 2.97.